The minimum Gasteiger partial charge on any atom is -0.475 e. The highest BCUT2D eigenvalue weighted by atomic mass is 16.5. The second kappa shape index (κ2) is 8.32. The van der Waals surface area contributed by atoms with Gasteiger partial charge < -0.3 is 20.1 Å². The fraction of sp³-hybridized carbons (Fsp3) is 0.333. The molecule has 2 bridgehead atoms. The van der Waals surface area contributed by atoms with Gasteiger partial charge in [0.05, 0.1) is 34.9 Å². The summed E-state index contributed by atoms with van der Waals surface area (Å²) in [5.74, 6) is 0.719. The third-order valence-corrected chi connectivity index (χ3v) is 5.85. The summed E-state index contributed by atoms with van der Waals surface area (Å²) in [5, 5.41) is 18.2. The van der Waals surface area contributed by atoms with E-state index in [1.807, 2.05) is 36.1 Å². The number of aryl methyl sites for hydroxylation is 2. The van der Waals surface area contributed by atoms with Crippen LogP contribution in [0.5, 0.6) is 5.88 Å². The lowest BCUT2D eigenvalue weighted by atomic mass is 10.0. The third kappa shape index (κ3) is 4.07. The summed E-state index contributed by atoms with van der Waals surface area (Å²) in [6.45, 7) is 4.61. The highest BCUT2D eigenvalue weighted by molar-refractivity contribution is 6.19. The van der Waals surface area contributed by atoms with Crippen molar-refractivity contribution in [3.05, 3.63) is 53.9 Å². The minimum absolute atomic E-state index is 0.109. The van der Waals surface area contributed by atoms with Gasteiger partial charge in [-0.2, -0.15) is 10.1 Å². The fourth-order valence-corrected chi connectivity index (χ4v) is 4.35. The first-order valence-corrected chi connectivity index (χ1v) is 11.0. The maximum Gasteiger partial charge on any atom is 0.280 e. The Morgan fingerprint density at radius 3 is 2.91 bits per heavy atom. The number of nitrogens with one attached hydrogen (secondary N) is 1. The lowest BCUT2D eigenvalue weighted by Crippen LogP contribution is -2.36. The number of para-hydroxylation sites is 2. The van der Waals surface area contributed by atoms with E-state index in [2.05, 4.69) is 27.3 Å². The number of aliphatic hydroxyl groups excluding tert-OH is 1. The molecule has 2 atom stereocenters. The molecule has 2 aliphatic rings. The van der Waals surface area contributed by atoms with Crippen LogP contribution in [-0.2, 0) is 7.05 Å². The monoisotopic (exact) mass is 446 g/mol. The Labute approximate surface area is 191 Å². The van der Waals surface area contributed by atoms with Crippen LogP contribution >= 0.6 is 0 Å². The van der Waals surface area contributed by atoms with E-state index >= 15 is 0 Å². The fourth-order valence-electron chi connectivity index (χ4n) is 4.35. The molecule has 0 saturated carbocycles. The summed E-state index contributed by atoms with van der Waals surface area (Å²) in [6, 6.07) is 11.3. The van der Waals surface area contributed by atoms with E-state index in [4.69, 9.17) is 4.74 Å². The molecule has 9 heteroatoms. The molecule has 0 saturated heterocycles. The molecular formula is C24H26N6O3. The van der Waals surface area contributed by atoms with Crippen LogP contribution in [0.25, 0.3) is 11.3 Å². The van der Waals surface area contributed by atoms with Crippen molar-refractivity contribution < 1.29 is 14.6 Å². The number of anilines is 2. The first-order chi connectivity index (χ1) is 15.9. The zero-order valence-electron chi connectivity index (χ0n) is 18.8. The van der Waals surface area contributed by atoms with Crippen molar-refractivity contribution in [3.8, 4) is 17.1 Å². The van der Waals surface area contributed by atoms with Crippen LogP contribution in [0, 0.1) is 12.8 Å². The number of pyridine rings is 1. The van der Waals surface area contributed by atoms with Crippen molar-refractivity contribution in [3.63, 3.8) is 0 Å². The molecule has 0 spiro atoms. The van der Waals surface area contributed by atoms with Crippen LogP contribution in [0.2, 0.25) is 0 Å². The number of carbonyl (C=O) groups excluding carboxylic acids is 1. The van der Waals surface area contributed by atoms with Crippen molar-refractivity contribution >= 4 is 23.2 Å². The zero-order chi connectivity index (χ0) is 23.1. The van der Waals surface area contributed by atoms with Gasteiger partial charge in [-0.25, -0.2) is 4.68 Å². The number of rotatable bonds is 0. The van der Waals surface area contributed by atoms with Gasteiger partial charge in [-0.1, -0.05) is 19.1 Å². The molecule has 33 heavy (non-hydrogen) atoms. The quantitative estimate of drug-likeness (QED) is 0.547. The van der Waals surface area contributed by atoms with Crippen molar-refractivity contribution in [2.75, 3.05) is 23.4 Å². The molecule has 2 aliphatic heterocycles. The molecule has 0 fully saturated rings. The highest BCUT2D eigenvalue weighted by Gasteiger charge is 2.28. The molecule has 0 aliphatic carbocycles. The van der Waals surface area contributed by atoms with Crippen molar-refractivity contribution in [2.24, 2.45) is 18.0 Å². The second-order valence-electron chi connectivity index (χ2n) is 8.67. The first-order valence-electron chi connectivity index (χ1n) is 11.0. The minimum atomic E-state index is -0.665. The zero-order valence-corrected chi connectivity index (χ0v) is 18.8. The topological polar surface area (TPSA) is 105 Å². The van der Waals surface area contributed by atoms with E-state index in [1.54, 1.807) is 30.1 Å². The normalized spacial score (nSPS) is 22.0. The first kappa shape index (κ1) is 21.1. The maximum absolute atomic E-state index is 13.2. The van der Waals surface area contributed by atoms with Gasteiger partial charge in [0.25, 0.3) is 5.91 Å². The number of benzene rings is 1. The molecule has 0 unspecified atom stereocenters. The van der Waals surface area contributed by atoms with E-state index in [0.29, 0.717) is 47.3 Å². The molecule has 9 nitrogen and oxygen atoms in total. The number of fused-ring (bicyclic) bond motifs is 7. The molecule has 4 heterocycles. The molecule has 170 valence electrons. The smallest absolute Gasteiger partial charge is 0.280 e. The lowest BCUT2D eigenvalue weighted by molar-refractivity contribution is 0.0842. The number of aromatic nitrogens is 3. The summed E-state index contributed by atoms with van der Waals surface area (Å²) in [4.78, 5) is 24.3. The average Bonchev–Trinajstić information content (AvgIpc) is 3.31. The molecule has 2 N–H and O–H groups in total. The number of hydrogen-bond donors (Lipinski definition) is 2. The number of carbonyl (C=O) groups is 1. The Morgan fingerprint density at radius 2 is 2.06 bits per heavy atom. The van der Waals surface area contributed by atoms with Crippen LogP contribution in [0.4, 0.5) is 11.4 Å². The van der Waals surface area contributed by atoms with Crippen molar-refractivity contribution in [1.29, 1.82) is 0 Å². The maximum atomic E-state index is 13.2. The Morgan fingerprint density at radius 1 is 1.24 bits per heavy atom. The van der Waals surface area contributed by atoms with E-state index in [0.717, 1.165) is 11.4 Å². The van der Waals surface area contributed by atoms with Crippen LogP contribution in [0.3, 0.4) is 0 Å². The Kier molecular flexibility index (Phi) is 5.33. The number of guanidine groups is 1. The summed E-state index contributed by atoms with van der Waals surface area (Å²) in [6.07, 6.45) is 1.51. The Hall–Kier alpha value is -3.72. The van der Waals surface area contributed by atoms with Gasteiger partial charge in [-0.15, -0.1) is 0 Å². The SMILES string of the molecule is Cc1cc2cc(n1)-c1cnn(C)c1OC[C@H](O)C[C@@H](C)CN1/C(=N/C2=O)Nc2ccccc21. The molecule has 5 rings (SSSR count). The van der Waals surface area contributed by atoms with E-state index in [1.165, 1.54) is 0 Å². The van der Waals surface area contributed by atoms with Gasteiger partial charge >= 0.3 is 0 Å². The predicted molar refractivity (Wildman–Crippen MR) is 126 cm³/mol. The molecule has 3 aromatic rings. The van der Waals surface area contributed by atoms with Gasteiger partial charge in [0.2, 0.25) is 11.8 Å². The van der Waals surface area contributed by atoms with Gasteiger partial charge in [0, 0.05) is 24.8 Å². The summed E-state index contributed by atoms with van der Waals surface area (Å²) >= 11 is 0. The summed E-state index contributed by atoms with van der Waals surface area (Å²) < 4.78 is 7.58. The van der Waals surface area contributed by atoms with Gasteiger partial charge in [-0.3, -0.25) is 9.78 Å². The Bertz CT molecular complexity index is 1250. The van der Waals surface area contributed by atoms with E-state index in [9.17, 15) is 9.90 Å². The average molecular weight is 447 g/mol. The second-order valence-corrected chi connectivity index (χ2v) is 8.67. The van der Waals surface area contributed by atoms with Gasteiger partial charge in [0.15, 0.2) is 0 Å². The largest absolute Gasteiger partial charge is 0.475 e. The number of aliphatic imine (C=N–C) groups is 1. The van der Waals surface area contributed by atoms with Crippen LogP contribution in [-0.4, -0.2) is 51.0 Å². The summed E-state index contributed by atoms with van der Waals surface area (Å²) in [5.41, 5.74) is 4.19. The number of aliphatic hydroxyl groups is 1. The summed E-state index contributed by atoms with van der Waals surface area (Å²) in [7, 11) is 1.77. The standard InChI is InChI=1S/C24H26N6O3/c1-14-8-17(31)13-33-23-18(11-25-29(23)3)20-10-16(9-15(2)26-20)22(32)28-24-27-19-6-4-5-7-21(19)30(24)12-14/h4-7,9-11,14,17,31H,8,12-13H2,1-3H3,(H,27,28,32)/t14-,17-/m1/s1. The Balaban J connectivity index is 1.62. The third-order valence-electron chi connectivity index (χ3n) is 5.85. The number of amides is 1. The van der Waals surface area contributed by atoms with E-state index < -0.39 is 6.10 Å². The molecular weight excluding hydrogens is 420 g/mol. The molecule has 1 amide bonds. The van der Waals surface area contributed by atoms with Crippen molar-refractivity contribution in [1.82, 2.24) is 14.8 Å². The number of ether oxygens (including phenoxy) is 1. The lowest BCUT2D eigenvalue weighted by Gasteiger charge is -2.24. The number of hydrogen-bond acceptors (Lipinski definition) is 7. The van der Waals surface area contributed by atoms with Gasteiger partial charge in [-0.05, 0) is 43.5 Å². The van der Waals surface area contributed by atoms with Crippen LogP contribution < -0.4 is 15.0 Å². The van der Waals surface area contributed by atoms with E-state index in [-0.39, 0.29) is 18.4 Å². The van der Waals surface area contributed by atoms with Crippen LogP contribution in [0.15, 0.2) is 47.6 Å². The predicted octanol–water partition coefficient (Wildman–Crippen LogP) is 3.00. The molecule has 2 aromatic heterocycles. The highest BCUT2D eigenvalue weighted by Crippen LogP contribution is 2.34. The molecule has 0 radical (unpaired) electrons. The van der Waals surface area contributed by atoms with Crippen LogP contribution in [0.1, 0.15) is 29.4 Å². The van der Waals surface area contributed by atoms with Crippen molar-refractivity contribution in [2.45, 2.75) is 26.4 Å². The number of nitrogens with zero attached hydrogens (tertiary/aromatic N) is 5. The van der Waals surface area contributed by atoms with Gasteiger partial charge in [0.1, 0.15) is 6.61 Å². The molecule has 1 aromatic carbocycles.